The minimum absolute atomic E-state index is 0.160. The average molecular weight is 312 g/mol. The van der Waals surface area contributed by atoms with Crippen molar-refractivity contribution >= 4 is 33.3 Å². The number of rotatable bonds is 3. The predicted octanol–water partition coefficient (Wildman–Crippen LogP) is 2.60. The van der Waals surface area contributed by atoms with Gasteiger partial charge in [0.2, 0.25) is 0 Å². The Morgan fingerprint density at radius 3 is 2.83 bits per heavy atom. The molecule has 1 aromatic heterocycles. The number of aromatic nitrogens is 1. The van der Waals surface area contributed by atoms with E-state index in [1.165, 1.54) is 30.5 Å². The fourth-order valence-corrected chi connectivity index (χ4v) is 1.65. The Bertz CT molecular complexity index is 597. The van der Waals surface area contributed by atoms with Gasteiger partial charge >= 0.3 is 0 Å². The summed E-state index contributed by atoms with van der Waals surface area (Å²) in [5, 5.41) is 16.7. The number of halogens is 1. The predicted molar refractivity (Wildman–Crippen MR) is 65.3 cm³/mol. The highest BCUT2D eigenvalue weighted by Crippen LogP contribution is 2.25. The number of carbonyl (C=O) groups excluding carboxylic acids is 1. The summed E-state index contributed by atoms with van der Waals surface area (Å²) in [6, 6.07) is 5.55. The molecule has 92 valence electrons. The number of nitrogens with zero attached hydrogens (tertiary/aromatic N) is 2. The topological polar surface area (TPSA) is 98.3 Å². The SMILES string of the molecule is O=C(Nc1ccon1)c1ccc(Br)c([N+](=O)[O-])c1. The van der Waals surface area contributed by atoms with Gasteiger partial charge in [-0.1, -0.05) is 5.16 Å². The third kappa shape index (κ3) is 2.54. The summed E-state index contributed by atoms with van der Waals surface area (Å²) in [4.78, 5) is 21.9. The molecule has 2 aromatic rings. The van der Waals surface area contributed by atoms with Gasteiger partial charge in [-0.3, -0.25) is 14.9 Å². The summed E-state index contributed by atoms with van der Waals surface area (Å²) in [7, 11) is 0. The van der Waals surface area contributed by atoms with Crippen LogP contribution in [0.4, 0.5) is 11.5 Å². The molecule has 0 aliphatic rings. The maximum atomic E-state index is 11.8. The largest absolute Gasteiger partial charge is 0.363 e. The fraction of sp³-hybridized carbons (Fsp3) is 0. The van der Waals surface area contributed by atoms with Crippen LogP contribution < -0.4 is 5.32 Å². The zero-order valence-corrected chi connectivity index (χ0v) is 10.4. The number of carbonyl (C=O) groups is 1. The van der Waals surface area contributed by atoms with Crippen LogP contribution in [0.3, 0.4) is 0 Å². The Balaban J connectivity index is 2.26. The lowest BCUT2D eigenvalue weighted by Crippen LogP contribution is -2.12. The fourth-order valence-electron chi connectivity index (χ4n) is 1.26. The molecule has 1 amide bonds. The molecule has 0 unspecified atom stereocenters. The number of anilines is 1. The van der Waals surface area contributed by atoms with E-state index in [-0.39, 0.29) is 17.1 Å². The van der Waals surface area contributed by atoms with Crippen LogP contribution in [0.2, 0.25) is 0 Å². The van der Waals surface area contributed by atoms with Crippen molar-refractivity contribution < 1.29 is 14.2 Å². The quantitative estimate of drug-likeness (QED) is 0.694. The van der Waals surface area contributed by atoms with E-state index in [9.17, 15) is 14.9 Å². The lowest BCUT2D eigenvalue weighted by molar-refractivity contribution is -0.385. The van der Waals surface area contributed by atoms with E-state index in [1.807, 2.05) is 0 Å². The third-order valence-electron chi connectivity index (χ3n) is 2.08. The minimum atomic E-state index is -0.572. The Morgan fingerprint density at radius 1 is 1.44 bits per heavy atom. The molecule has 1 N–H and O–H groups in total. The molecule has 0 radical (unpaired) electrons. The molecule has 1 heterocycles. The first-order valence-electron chi connectivity index (χ1n) is 4.73. The van der Waals surface area contributed by atoms with E-state index in [0.29, 0.717) is 4.47 Å². The average Bonchev–Trinajstić information content (AvgIpc) is 2.81. The first kappa shape index (κ1) is 12.2. The number of hydrogen-bond donors (Lipinski definition) is 1. The second-order valence-corrected chi connectivity index (χ2v) is 4.12. The summed E-state index contributed by atoms with van der Waals surface area (Å²) in [5.41, 5.74) is -0.0179. The first-order valence-corrected chi connectivity index (χ1v) is 5.53. The highest BCUT2D eigenvalue weighted by Gasteiger charge is 2.16. The van der Waals surface area contributed by atoms with Crippen molar-refractivity contribution in [2.75, 3.05) is 5.32 Å². The van der Waals surface area contributed by atoms with Crippen LogP contribution >= 0.6 is 15.9 Å². The van der Waals surface area contributed by atoms with Crippen LogP contribution in [0, 0.1) is 10.1 Å². The summed E-state index contributed by atoms with van der Waals surface area (Å²) >= 11 is 3.04. The van der Waals surface area contributed by atoms with Crippen molar-refractivity contribution in [3.05, 3.63) is 50.7 Å². The third-order valence-corrected chi connectivity index (χ3v) is 2.76. The van der Waals surface area contributed by atoms with Gasteiger partial charge in [-0.15, -0.1) is 0 Å². The van der Waals surface area contributed by atoms with Gasteiger partial charge in [0, 0.05) is 17.7 Å². The standard InChI is InChI=1S/C10H6BrN3O4/c11-7-2-1-6(5-8(7)14(16)17)10(15)12-9-3-4-18-13-9/h1-5H,(H,12,13,15). The molecule has 8 heteroatoms. The van der Waals surface area contributed by atoms with E-state index in [2.05, 4.69) is 30.9 Å². The maximum absolute atomic E-state index is 11.8. The van der Waals surface area contributed by atoms with E-state index >= 15 is 0 Å². The van der Waals surface area contributed by atoms with Gasteiger partial charge in [0.1, 0.15) is 6.26 Å². The van der Waals surface area contributed by atoms with Gasteiger partial charge in [-0.05, 0) is 28.1 Å². The van der Waals surface area contributed by atoms with Crippen molar-refractivity contribution in [2.24, 2.45) is 0 Å². The van der Waals surface area contributed by atoms with Crippen molar-refractivity contribution in [1.29, 1.82) is 0 Å². The monoisotopic (exact) mass is 311 g/mol. The molecule has 0 saturated heterocycles. The highest BCUT2D eigenvalue weighted by molar-refractivity contribution is 9.10. The van der Waals surface area contributed by atoms with Gasteiger partial charge in [0.15, 0.2) is 5.82 Å². The molecule has 0 aliphatic heterocycles. The summed E-state index contributed by atoms with van der Waals surface area (Å²) in [6.45, 7) is 0. The minimum Gasteiger partial charge on any atom is -0.363 e. The summed E-state index contributed by atoms with van der Waals surface area (Å²) in [5.74, 6) is -0.259. The van der Waals surface area contributed by atoms with Crippen LogP contribution in [-0.2, 0) is 0 Å². The van der Waals surface area contributed by atoms with Gasteiger partial charge in [-0.2, -0.15) is 0 Å². The van der Waals surface area contributed by atoms with Gasteiger partial charge < -0.3 is 9.84 Å². The Morgan fingerprint density at radius 2 is 2.22 bits per heavy atom. The lowest BCUT2D eigenvalue weighted by atomic mass is 10.2. The lowest BCUT2D eigenvalue weighted by Gasteiger charge is -2.02. The molecule has 7 nitrogen and oxygen atoms in total. The first-order chi connectivity index (χ1) is 8.58. The van der Waals surface area contributed by atoms with Gasteiger partial charge in [-0.25, -0.2) is 0 Å². The van der Waals surface area contributed by atoms with Crippen molar-refractivity contribution in [3.63, 3.8) is 0 Å². The summed E-state index contributed by atoms with van der Waals surface area (Å²) in [6.07, 6.45) is 1.31. The van der Waals surface area contributed by atoms with Gasteiger partial charge in [0.25, 0.3) is 11.6 Å². The zero-order valence-electron chi connectivity index (χ0n) is 8.79. The van der Waals surface area contributed by atoms with Crippen LogP contribution in [-0.4, -0.2) is 16.0 Å². The normalized spacial score (nSPS) is 10.1. The van der Waals surface area contributed by atoms with E-state index in [4.69, 9.17) is 0 Å². The van der Waals surface area contributed by atoms with E-state index in [0.717, 1.165) is 0 Å². The number of nitrogens with one attached hydrogen (secondary N) is 1. The smallest absolute Gasteiger partial charge is 0.284 e. The Kier molecular flexibility index (Phi) is 3.38. The zero-order chi connectivity index (χ0) is 13.1. The van der Waals surface area contributed by atoms with E-state index < -0.39 is 10.8 Å². The van der Waals surface area contributed by atoms with Crippen molar-refractivity contribution in [1.82, 2.24) is 5.16 Å². The second-order valence-electron chi connectivity index (χ2n) is 3.26. The molecule has 0 saturated carbocycles. The van der Waals surface area contributed by atoms with Crippen molar-refractivity contribution in [3.8, 4) is 0 Å². The summed E-state index contributed by atoms with van der Waals surface area (Å²) < 4.78 is 4.86. The molecular formula is C10H6BrN3O4. The Labute approximate surface area is 109 Å². The number of nitro groups is 1. The van der Waals surface area contributed by atoms with E-state index in [1.54, 1.807) is 0 Å². The molecular weight excluding hydrogens is 306 g/mol. The maximum Gasteiger partial charge on any atom is 0.284 e. The number of hydrogen-bond acceptors (Lipinski definition) is 5. The Hall–Kier alpha value is -2.22. The molecule has 0 bridgehead atoms. The van der Waals surface area contributed by atoms with Crippen LogP contribution in [0.1, 0.15) is 10.4 Å². The van der Waals surface area contributed by atoms with Crippen LogP contribution in [0.5, 0.6) is 0 Å². The number of benzene rings is 1. The highest BCUT2D eigenvalue weighted by atomic mass is 79.9. The van der Waals surface area contributed by atoms with Gasteiger partial charge in [0.05, 0.1) is 9.40 Å². The molecule has 18 heavy (non-hydrogen) atoms. The number of amides is 1. The second kappa shape index (κ2) is 4.96. The van der Waals surface area contributed by atoms with Crippen molar-refractivity contribution in [2.45, 2.75) is 0 Å². The molecule has 0 spiro atoms. The van der Waals surface area contributed by atoms with Crippen LogP contribution in [0.15, 0.2) is 39.5 Å². The molecule has 1 aromatic carbocycles. The van der Waals surface area contributed by atoms with Crippen LogP contribution in [0.25, 0.3) is 0 Å². The molecule has 2 rings (SSSR count). The molecule has 0 fully saturated rings. The molecule has 0 aliphatic carbocycles. The number of nitro benzene ring substituents is 1. The molecule has 0 atom stereocenters.